The first-order valence-electron chi connectivity index (χ1n) is 7.82. The molecule has 2 rings (SSSR count). The molecule has 0 aliphatic heterocycles. The van der Waals surface area contributed by atoms with Gasteiger partial charge in [0.15, 0.2) is 0 Å². The van der Waals surface area contributed by atoms with Crippen LogP contribution in [0.3, 0.4) is 0 Å². The van der Waals surface area contributed by atoms with E-state index in [-0.39, 0.29) is 23.8 Å². The summed E-state index contributed by atoms with van der Waals surface area (Å²) in [7, 11) is 0. The average molecular weight is 388 g/mol. The number of rotatable bonds is 5. The molecule has 3 N–H and O–H groups in total. The first-order valence-corrected chi connectivity index (χ1v) is 7.82. The van der Waals surface area contributed by atoms with E-state index in [4.69, 9.17) is 11.1 Å². The Morgan fingerprint density at radius 1 is 1.22 bits per heavy atom. The summed E-state index contributed by atoms with van der Waals surface area (Å²) in [6.45, 7) is 5.88. The van der Waals surface area contributed by atoms with Crippen LogP contribution in [0.1, 0.15) is 28.4 Å². The molecule has 0 saturated heterocycles. The van der Waals surface area contributed by atoms with Crippen molar-refractivity contribution in [2.24, 2.45) is 5.84 Å². The smallest absolute Gasteiger partial charge is 0.298 e. The van der Waals surface area contributed by atoms with E-state index in [1.165, 1.54) is 6.08 Å². The number of nitriles is 1. The van der Waals surface area contributed by atoms with Crippen molar-refractivity contribution in [2.45, 2.75) is 20.8 Å². The molecule has 27 heavy (non-hydrogen) atoms. The van der Waals surface area contributed by atoms with Gasteiger partial charge in [0.25, 0.3) is 6.47 Å². The second-order valence-electron chi connectivity index (χ2n) is 5.35. The van der Waals surface area contributed by atoms with Gasteiger partial charge in [0.2, 0.25) is 5.78 Å². The minimum atomic E-state index is -0.210. The van der Waals surface area contributed by atoms with Crippen LogP contribution in [0.25, 0.3) is 0 Å². The Labute approximate surface area is 165 Å². The molecule has 6 nitrogen and oxygen atoms in total. The second kappa shape index (κ2) is 12.3. The van der Waals surface area contributed by atoms with E-state index in [2.05, 4.69) is 10.2 Å². The highest BCUT2D eigenvalue weighted by Gasteiger charge is 2.10. The van der Waals surface area contributed by atoms with Gasteiger partial charge in [-0.25, -0.2) is 0 Å². The number of halogens is 1. The van der Waals surface area contributed by atoms with Gasteiger partial charge in [0.05, 0.1) is 11.3 Å². The zero-order chi connectivity index (χ0) is 19.5. The summed E-state index contributed by atoms with van der Waals surface area (Å²) >= 11 is 0. The van der Waals surface area contributed by atoms with Crippen LogP contribution < -0.4 is 16.0 Å². The number of carbonyl (C=O) groups is 2. The van der Waals surface area contributed by atoms with Gasteiger partial charge in [-0.15, -0.1) is 12.4 Å². The van der Waals surface area contributed by atoms with Gasteiger partial charge < -0.3 is 10.2 Å². The van der Waals surface area contributed by atoms with Crippen molar-refractivity contribution >= 4 is 30.3 Å². The maximum atomic E-state index is 11.7. The number of anilines is 1. The predicted octanol–water partition coefficient (Wildman–Crippen LogP) is 3.89. The molecule has 0 aromatic heterocycles. The minimum Gasteiger partial charge on any atom is -0.429 e. The molecule has 2 aromatic carbocycles. The van der Waals surface area contributed by atoms with Gasteiger partial charge in [-0.3, -0.25) is 15.4 Å². The van der Waals surface area contributed by atoms with Crippen molar-refractivity contribution in [2.75, 3.05) is 5.43 Å². The average Bonchev–Trinajstić information content (AvgIpc) is 2.65. The standard InChI is InChI=1S/C12H11NO.C8H10N2O2.ClH/c1-3-10(8-13)12(14)11-6-4-5-9(2)7-11;1-6-2-3-7(12-5-11)4-8(6)10-9;/h3-7H,1-2H3;2-5,10H,9H2,1H3;1H/b10-3-;;. The first kappa shape index (κ1) is 23.9. The van der Waals surface area contributed by atoms with Crippen molar-refractivity contribution in [3.8, 4) is 11.8 Å². The molecular weight excluding hydrogens is 366 g/mol. The first-order chi connectivity index (χ1) is 12.5. The molecular formula is C20H22ClN3O3. The summed E-state index contributed by atoms with van der Waals surface area (Å²) in [5.41, 5.74) is 6.02. The molecule has 0 radical (unpaired) electrons. The highest BCUT2D eigenvalue weighted by molar-refractivity contribution is 6.11. The van der Waals surface area contributed by atoms with Gasteiger partial charge >= 0.3 is 0 Å². The summed E-state index contributed by atoms with van der Waals surface area (Å²) in [5.74, 6) is 5.49. The Morgan fingerprint density at radius 3 is 2.44 bits per heavy atom. The molecule has 0 bridgehead atoms. The normalized spacial score (nSPS) is 9.67. The minimum absolute atomic E-state index is 0. The lowest BCUT2D eigenvalue weighted by Crippen LogP contribution is -2.08. The maximum absolute atomic E-state index is 11.7. The Hall–Kier alpha value is -3.14. The van der Waals surface area contributed by atoms with Gasteiger partial charge in [-0.05, 0) is 38.5 Å². The number of nitrogens with zero attached hydrogens (tertiary/aromatic N) is 1. The number of benzene rings is 2. The van der Waals surface area contributed by atoms with E-state index in [1.54, 1.807) is 31.2 Å². The number of Topliss-reactive ketones (excluding diaryl/α,β-unsaturated/α-hetero) is 1. The highest BCUT2D eigenvalue weighted by atomic mass is 35.5. The maximum Gasteiger partial charge on any atom is 0.298 e. The zero-order valence-electron chi connectivity index (χ0n) is 15.4. The van der Waals surface area contributed by atoms with E-state index in [0.717, 1.165) is 16.8 Å². The van der Waals surface area contributed by atoms with Crippen LogP contribution >= 0.6 is 12.4 Å². The summed E-state index contributed by atoms with van der Waals surface area (Å²) in [6, 6.07) is 14.3. The van der Waals surface area contributed by atoms with Crippen LogP contribution in [0.5, 0.6) is 5.75 Å². The number of hydrogen-bond acceptors (Lipinski definition) is 6. The third kappa shape index (κ3) is 7.32. The van der Waals surface area contributed by atoms with Gasteiger partial charge in [-0.2, -0.15) is 5.26 Å². The molecule has 7 heteroatoms. The van der Waals surface area contributed by atoms with E-state index in [9.17, 15) is 9.59 Å². The van der Waals surface area contributed by atoms with Crippen LogP contribution in [0.2, 0.25) is 0 Å². The van der Waals surface area contributed by atoms with Crippen molar-refractivity contribution in [3.05, 3.63) is 70.8 Å². The van der Waals surface area contributed by atoms with Gasteiger partial charge in [0, 0.05) is 11.6 Å². The number of hydrogen-bond donors (Lipinski definition) is 2. The zero-order valence-corrected chi connectivity index (χ0v) is 16.2. The molecule has 0 spiro atoms. The largest absolute Gasteiger partial charge is 0.429 e. The fraction of sp³-hybridized carbons (Fsp3) is 0.150. The third-order valence-electron chi connectivity index (χ3n) is 3.48. The second-order valence-corrected chi connectivity index (χ2v) is 5.35. The number of hydrazine groups is 1. The predicted molar refractivity (Wildman–Crippen MR) is 108 cm³/mol. The number of carbonyl (C=O) groups excluding carboxylic acids is 2. The molecule has 0 fully saturated rings. The number of nitrogen functional groups attached to an aromatic ring is 1. The number of aryl methyl sites for hydroxylation is 2. The van der Waals surface area contributed by atoms with Crippen LogP contribution in [-0.4, -0.2) is 12.3 Å². The number of allylic oxidation sites excluding steroid dienone is 2. The number of ketones is 1. The molecule has 0 unspecified atom stereocenters. The van der Waals surface area contributed by atoms with Crippen molar-refractivity contribution in [3.63, 3.8) is 0 Å². The molecule has 0 saturated carbocycles. The van der Waals surface area contributed by atoms with E-state index < -0.39 is 0 Å². The Balaban J connectivity index is 0.000000488. The van der Waals surface area contributed by atoms with Crippen LogP contribution in [0, 0.1) is 25.2 Å². The Kier molecular flexibility index (Phi) is 10.8. The molecule has 142 valence electrons. The highest BCUT2D eigenvalue weighted by Crippen LogP contribution is 2.20. The summed E-state index contributed by atoms with van der Waals surface area (Å²) < 4.78 is 4.63. The van der Waals surface area contributed by atoms with Gasteiger partial charge in [-0.1, -0.05) is 35.9 Å². The molecule has 0 aliphatic rings. The van der Waals surface area contributed by atoms with Crippen LogP contribution in [0.15, 0.2) is 54.1 Å². The lowest BCUT2D eigenvalue weighted by Gasteiger charge is -2.05. The number of ether oxygens (including phenoxy) is 1. The Bertz CT molecular complexity index is 858. The lowest BCUT2D eigenvalue weighted by atomic mass is 10.0. The van der Waals surface area contributed by atoms with E-state index in [0.29, 0.717) is 17.8 Å². The molecule has 0 aliphatic carbocycles. The molecule has 0 amide bonds. The van der Waals surface area contributed by atoms with E-state index in [1.807, 2.05) is 38.1 Å². The SMILES string of the molecule is C/C=C(/C#N)C(=O)c1cccc(C)c1.Cc1ccc(OC=O)cc1NN.Cl. The summed E-state index contributed by atoms with van der Waals surface area (Å²) in [6.07, 6.45) is 1.53. The van der Waals surface area contributed by atoms with E-state index >= 15 is 0 Å². The summed E-state index contributed by atoms with van der Waals surface area (Å²) in [4.78, 5) is 21.7. The molecule has 0 heterocycles. The lowest BCUT2D eigenvalue weighted by molar-refractivity contribution is -0.120. The monoisotopic (exact) mass is 387 g/mol. The number of nitrogens with one attached hydrogen (secondary N) is 1. The fourth-order valence-corrected chi connectivity index (χ4v) is 2.07. The quantitative estimate of drug-likeness (QED) is 0.201. The molecule has 0 atom stereocenters. The topological polar surface area (TPSA) is 105 Å². The van der Waals surface area contributed by atoms with Crippen molar-refractivity contribution in [1.82, 2.24) is 0 Å². The summed E-state index contributed by atoms with van der Waals surface area (Å²) in [5, 5.41) is 8.69. The molecule has 2 aromatic rings. The Morgan fingerprint density at radius 2 is 1.93 bits per heavy atom. The van der Waals surface area contributed by atoms with Crippen LogP contribution in [-0.2, 0) is 4.79 Å². The van der Waals surface area contributed by atoms with Gasteiger partial charge in [0.1, 0.15) is 11.8 Å². The number of nitrogens with two attached hydrogens (primary N) is 1. The van der Waals surface area contributed by atoms with Crippen LogP contribution in [0.4, 0.5) is 5.69 Å². The van der Waals surface area contributed by atoms with Crippen molar-refractivity contribution in [1.29, 1.82) is 5.26 Å². The van der Waals surface area contributed by atoms with Crippen molar-refractivity contribution < 1.29 is 14.3 Å². The third-order valence-corrected chi connectivity index (χ3v) is 3.48. The fourth-order valence-electron chi connectivity index (χ4n) is 2.07.